The lowest BCUT2D eigenvalue weighted by atomic mass is 10.0. The van der Waals surface area contributed by atoms with E-state index in [4.69, 9.17) is 11.6 Å². The van der Waals surface area contributed by atoms with Gasteiger partial charge >= 0.3 is 0 Å². The van der Waals surface area contributed by atoms with Gasteiger partial charge in [-0.3, -0.25) is 0 Å². The van der Waals surface area contributed by atoms with E-state index >= 15 is 0 Å². The predicted octanol–water partition coefficient (Wildman–Crippen LogP) is 5.64. The Morgan fingerprint density at radius 1 is 0.950 bits per heavy atom. The normalized spacial score (nSPS) is 12.4. The number of unbranched alkanes of at least 4 members (excludes halogenated alkanes) is 1. The van der Waals surface area contributed by atoms with Gasteiger partial charge in [0.05, 0.1) is 5.38 Å². The second-order valence-electron chi connectivity index (χ2n) is 4.91. The molecule has 2 rings (SSSR count). The van der Waals surface area contributed by atoms with Gasteiger partial charge in [0.15, 0.2) is 0 Å². The van der Waals surface area contributed by atoms with Gasteiger partial charge in [-0.1, -0.05) is 37.6 Å². The van der Waals surface area contributed by atoms with Crippen LogP contribution in [0.2, 0.25) is 0 Å². The number of alkyl halides is 1. The van der Waals surface area contributed by atoms with Crippen LogP contribution in [0.3, 0.4) is 0 Å². The third kappa shape index (κ3) is 3.80. The monoisotopic (exact) mass is 294 g/mol. The smallest absolute Gasteiger partial charge is 0.126 e. The highest BCUT2D eigenvalue weighted by Gasteiger charge is 2.13. The van der Waals surface area contributed by atoms with E-state index in [-0.39, 0.29) is 0 Å². The fourth-order valence-electron chi connectivity index (χ4n) is 2.15. The molecule has 0 radical (unpaired) electrons. The molecule has 0 aliphatic heterocycles. The van der Waals surface area contributed by atoms with Gasteiger partial charge in [0.1, 0.15) is 11.6 Å². The van der Waals surface area contributed by atoms with E-state index in [0.717, 1.165) is 30.9 Å². The lowest BCUT2D eigenvalue weighted by molar-refractivity contribution is 0.580. The molecule has 1 unspecified atom stereocenters. The first-order valence-corrected chi connectivity index (χ1v) is 7.22. The minimum atomic E-state index is -0.606. The van der Waals surface area contributed by atoms with Gasteiger partial charge in [-0.25, -0.2) is 8.78 Å². The number of halogens is 3. The molecule has 3 heteroatoms. The van der Waals surface area contributed by atoms with Crippen LogP contribution in [-0.2, 0) is 6.42 Å². The number of hydrogen-bond acceptors (Lipinski definition) is 0. The fraction of sp³-hybridized carbons (Fsp3) is 0.294. The Balaban J connectivity index is 2.17. The predicted molar refractivity (Wildman–Crippen MR) is 79.1 cm³/mol. The first kappa shape index (κ1) is 15.0. The van der Waals surface area contributed by atoms with Crippen molar-refractivity contribution in [2.24, 2.45) is 0 Å². The molecule has 0 aliphatic carbocycles. The summed E-state index contributed by atoms with van der Waals surface area (Å²) >= 11 is 6.30. The van der Waals surface area contributed by atoms with Crippen molar-refractivity contribution in [2.75, 3.05) is 0 Å². The molecule has 0 N–H and O–H groups in total. The standard InChI is InChI=1S/C17H17ClF2/c1-2-3-4-12-5-7-13(8-6-12)17(18)14-9-15(19)11-16(20)10-14/h5-11,17H,2-4H2,1H3. The molecule has 2 aromatic carbocycles. The van der Waals surface area contributed by atoms with E-state index in [1.165, 1.54) is 17.7 Å². The molecule has 0 bridgehead atoms. The zero-order valence-corrected chi connectivity index (χ0v) is 12.1. The SMILES string of the molecule is CCCCc1ccc(C(Cl)c2cc(F)cc(F)c2)cc1. The van der Waals surface area contributed by atoms with Crippen LogP contribution in [0.15, 0.2) is 42.5 Å². The summed E-state index contributed by atoms with van der Waals surface area (Å²) in [6.45, 7) is 2.15. The summed E-state index contributed by atoms with van der Waals surface area (Å²) in [7, 11) is 0. The molecule has 1 atom stereocenters. The Hall–Kier alpha value is -1.41. The Labute approximate surface area is 123 Å². The highest BCUT2D eigenvalue weighted by atomic mass is 35.5. The molecule has 0 spiro atoms. The van der Waals surface area contributed by atoms with E-state index < -0.39 is 17.0 Å². The van der Waals surface area contributed by atoms with Gasteiger partial charge in [-0.2, -0.15) is 0 Å². The number of benzene rings is 2. The van der Waals surface area contributed by atoms with Crippen molar-refractivity contribution < 1.29 is 8.78 Å². The quantitative estimate of drug-likeness (QED) is 0.626. The summed E-state index contributed by atoms with van der Waals surface area (Å²) in [5, 5.41) is -0.541. The van der Waals surface area contributed by atoms with Crippen LogP contribution in [0.5, 0.6) is 0 Å². The maximum atomic E-state index is 13.2. The fourth-order valence-corrected chi connectivity index (χ4v) is 2.42. The van der Waals surface area contributed by atoms with E-state index in [1.807, 2.05) is 24.3 Å². The van der Waals surface area contributed by atoms with Gasteiger partial charge in [-0.15, -0.1) is 11.6 Å². The van der Waals surface area contributed by atoms with Crippen molar-refractivity contribution in [1.82, 2.24) is 0 Å². The van der Waals surface area contributed by atoms with Crippen LogP contribution in [0.25, 0.3) is 0 Å². The minimum Gasteiger partial charge on any atom is -0.207 e. The van der Waals surface area contributed by atoms with Gasteiger partial charge in [0, 0.05) is 6.07 Å². The van der Waals surface area contributed by atoms with Gasteiger partial charge < -0.3 is 0 Å². The summed E-state index contributed by atoms with van der Waals surface area (Å²) in [5.74, 6) is -1.21. The first-order valence-electron chi connectivity index (χ1n) is 6.79. The zero-order valence-electron chi connectivity index (χ0n) is 11.4. The lowest BCUT2D eigenvalue weighted by Crippen LogP contribution is -1.96. The van der Waals surface area contributed by atoms with Crippen LogP contribution < -0.4 is 0 Å². The van der Waals surface area contributed by atoms with Crippen molar-refractivity contribution >= 4 is 11.6 Å². The molecule has 106 valence electrons. The largest absolute Gasteiger partial charge is 0.207 e. The topological polar surface area (TPSA) is 0 Å². The van der Waals surface area contributed by atoms with E-state index in [1.54, 1.807) is 0 Å². The Morgan fingerprint density at radius 2 is 1.55 bits per heavy atom. The van der Waals surface area contributed by atoms with Gasteiger partial charge in [0.25, 0.3) is 0 Å². The van der Waals surface area contributed by atoms with Gasteiger partial charge in [0.2, 0.25) is 0 Å². The number of hydrogen-bond donors (Lipinski definition) is 0. The average Bonchev–Trinajstić information content (AvgIpc) is 2.44. The first-order chi connectivity index (χ1) is 9.60. The highest BCUT2D eigenvalue weighted by molar-refractivity contribution is 6.22. The second kappa shape index (κ2) is 6.85. The maximum absolute atomic E-state index is 13.2. The summed E-state index contributed by atoms with van der Waals surface area (Å²) in [4.78, 5) is 0. The molecular weight excluding hydrogens is 278 g/mol. The summed E-state index contributed by atoms with van der Waals surface area (Å²) in [6.07, 6.45) is 3.35. The van der Waals surface area contributed by atoms with Crippen molar-refractivity contribution in [3.8, 4) is 0 Å². The molecule has 0 heterocycles. The van der Waals surface area contributed by atoms with Crippen LogP contribution >= 0.6 is 11.6 Å². The molecule has 2 aromatic rings. The molecule has 20 heavy (non-hydrogen) atoms. The van der Waals surface area contributed by atoms with Crippen molar-refractivity contribution in [2.45, 2.75) is 31.6 Å². The molecule has 0 amide bonds. The average molecular weight is 295 g/mol. The van der Waals surface area contributed by atoms with E-state index in [2.05, 4.69) is 6.92 Å². The van der Waals surface area contributed by atoms with E-state index in [0.29, 0.717) is 5.56 Å². The van der Waals surface area contributed by atoms with Crippen molar-refractivity contribution in [3.05, 3.63) is 70.8 Å². The molecular formula is C17H17ClF2. The van der Waals surface area contributed by atoms with Crippen molar-refractivity contribution in [1.29, 1.82) is 0 Å². The van der Waals surface area contributed by atoms with Gasteiger partial charge in [-0.05, 0) is 41.7 Å². The molecule has 0 saturated carbocycles. The van der Waals surface area contributed by atoms with Crippen LogP contribution in [0.4, 0.5) is 8.78 Å². The summed E-state index contributed by atoms with van der Waals surface area (Å²) in [5.41, 5.74) is 2.53. The van der Waals surface area contributed by atoms with Crippen LogP contribution in [0.1, 0.15) is 41.8 Å². The Kier molecular flexibility index (Phi) is 5.13. The summed E-state index contributed by atoms with van der Waals surface area (Å²) in [6, 6.07) is 11.3. The molecule has 0 aromatic heterocycles. The number of rotatable bonds is 5. The Bertz CT molecular complexity index is 543. The zero-order chi connectivity index (χ0) is 14.5. The van der Waals surface area contributed by atoms with Crippen molar-refractivity contribution in [3.63, 3.8) is 0 Å². The van der Waals surface area contributed by atoms with Crippen LogP contribution in [-0.4, -0.2) is 0 Å². The Morgan fingerprint density at radius 3 is 2.10 bits per heavy atom. The molecule has 0 aliphatic rings. The third-order valence-corrected chi connectivity index (χ3v) is 3.77. The van der Waals surface area contributed by atoms with E-state index in [9.17, 15) is 8.78 Å². The molecule has 0 saturated heterocycles. The second-order valence-corrected chi connectivity index (χ2v) is 5.35. The van der Waals surface area contributed by atoms with Crippen LogP contribution in [0, 0.1) is 11.6 Å². The highest BCUT2D eigenvalue weighted by Crippen LogP contribution is 2.30. The lowest BCUT2D eigenvalue weighted by Gasteiger charge is -2.11. The third-order valence-electron chi connectivity index (χ3n) is 3.27. The molecule has 0 fully saturated rings. The molecule has 0 nitrogen and oxygen atoms in total. The summed E-state index contributed by atoms with van der Waals surface area (Å²) < 4.78 is 26.4. The maximum Gasteiger partial charge on any atom is 0.126 e. The minimum absolute atomic E-state index is 0.436. The number of aryl methyl sites for hydroxylation is 1.